The van der Waals surface area contributed by atoms with Gasteiger partial charge in [-0.15, -0.1) is 12.4 Å². The van der Waals surface area contributed by atoms with E-state index in [1.54, 1.807) is 23.1 Å². The van der Waals surface area contributed by atoms with Gasteiger partial charge in [0.05, 0.1) is 10.9 Å². The molecular weight excluding hydrogens is 378 g/mol. The first kappa shape index (κ1) is 19.1. The highest BCUT2D eigenvalue weighted by atomic mass is 35.5. The number of amides is 2. The van der Waals surface area contributed by atoms with Gasteiger partial charge in [-0.1, -0.05) is 23.4 Å². The fraction of sp³-hybridized carbons (Fsp3) is 0.222. The number of rotatable bonds is 2. The topological polar surface area (TPSA) is 84.4 Å². The zero-order valence-corrected chi connectivity index (χ0v) is 14.9. The third-order valence-corrected chi connectivity index (χ3v) is 4.47. The van der Waals surface area contributed by atoms with E-state index < -0.39 is 11.6 Å². The molecule has 1 atom stereocenters. The van der Waals surface area contributed by atoms with Crippen LogP contribution in [-0.2, 0) is 0 Å². The monoisotopic (exact) mass is 394 g/mol. The minimum atomic E-state index is -0.707. The van der Waals surface area contributed by atoms with Crippen molar-refractivity contribution in [1.29, 1.82) is 0 Å². The van der Waals surface area contributed by atoms with Crippen LogP contribution in [0, 0.1) is 11.6 Å². The first-order valence-electron chi connectivity index (χ1n) is 8.19. The quantitative estimate of drug-likeness (QED) is 0.693. The highest BCUT2D eigenvalue weighted by Gasteiger charge is 2.26. The number of fused-ring (bicyclic) bond motifs is 1. The molecule has 0 bridgehead atoms. The Morgan fingerprint density at radius 1 is 1.22 bits per heavy atom. The number of nitrogens with zero attached hydrogens (tertiary/aromatic N) is 2. The Kier molecular flexibility index (Phi) is 5.29. The number of carbonyl (C=O) groups is 1. The third kappa shape index (κ3) is 3.45. The van der Waals surface area contributed by atoms with Crippen molar-refractivity contribution >= 4 is 35.2 Å². The van der Waals surface area contributed by atoms with Gasteiger partial charge >= 0.3 is 6.03 Å². The molecule has 2 amide bonds. The SMILES string of the molecule is Cl.N[C@H]1CCN(C(=O)Nc2noc3cccc(-c4c(F)cccc4F)c23)C1. The maximum absolute atomic E-state index is 14.3. The van der Waals surface area contributed by atoms with Crippen LogP contribution < -0.4 is 11.1 Å². The van der Waals surface area contributed by atoms with Crippen molar-refractivity contribution in [3.63, 3.8) is 0 Å². The van der Waals surface area contributed by atoms with E-state index in [-0.39, 0.29) is 41.4 Å². The van der Waals surface area contributed by atoms with E-state index in [0.717, 1.165) is 6.42 Å². The van der Waals surface area contributed by atoms with Gasteiger partial charge in [-0.05, 0) is 24.6 Å². The molecule has 4 rings (SSSR count). The molecule has 3 N–H and O–H groups in total. The molecule has 1 aliphatic heterocycles. The molecule has 3 aromatic rings. The molecule has 0 saturated carbocycles. The Labute approximate surface area is 159 Å². The van der Waals surface area contributed by atoms with E-state index in [0.29, 0.717) is 24.1 Å². The second-order valence-electron chi connectivity index (χ2n) is 6.23. The third-order valence-electron chi connectivity index (χ3n) is 4.47. The molecule has 1 fully saturated rings. The number of urea groups is 1. The summed E-state index contributed by atoms with van der Waals surface area (Å²) in [6.45, 7) is 0.980. The predicted octanol–water partition coefficient (Wildman–Crippen LogP) is 3.76. The van der Waals surface area contributed by atoms with Crippen molar-refractivity contribution in [1.82, 2.24) is 10.1 Å². The molecule has 9 heteroatoms. The number of nitrogens with two attached hydrogens (primary N) is 1. The smallest absolute Gasteiger partial charge is 0.323 e. The van der Waals surface area contributed by atoms with Crippen LogP contribution in [0.3, 0.4) is 0 Å². The van der Waals surface area contributed by atoms with Crippen molar-refractivity contribution in [3.05, 3.63) is 48.0 Å². The average molecular weight is 395 g/mol. The van der Waals surface area contributed by atoms with Crippen LogP contribution in [0.25, 0.3) is 22.1 Å². The number of hydrogen-bond acceptors (Lipinski definition) is 4. The van der Waals surface area contributed by atoms with Gasteiger partial charge in [0, 0.05) is 24.7 Å². The second-order valence-corrected chi connectivity index (χ2v) is 6.23. The van der Waals surface area contributed by atoms with Crippen molar-refractivity contribution in [2.24, 2.45) is 5.73 Å². The number of likely N-dealkylation sites (tertiary alicyclic amines) is 1. The molecule has 142 valence electrons. The number of nitrogens with one attached hydrogen (secondary N) is 1. The van der Waals surface area contributed by atoms with Crippen molar-refractivity contribution < 1.29 is 18.1 Å². The molecule has 0 spiro atoms. The molecule has 2 heterocycles. The summed E-state index contributed by atoms with van der Waals surface area (Å²) in [5, 5.41) is 6.86. The first-order valence-corrected chi connectivity index (χ1v) is 8.19. The molecule has 2 aromatic carbocycles. The molecule has 1 aromatic heterocycles. The molecule has 1 saturated heterocycles. The maximum Gasteiger partial charge on any atom is 0.323 e. The van der Waals surface area contributed by atoms with Crippen LogP contribution in [0.5, 0.6) is 0 Å². The lowest BCUT2D eigenvalue weighted by atomic mass is 10.0. The van der Waals surface area contributed by atoms with E-state index in [4.69, 9.17) is 10.3 Å². The predicted molar refractivity (Wildman–Crippen MR) is 99.8 cm³/mol. The summed E-state index contributed by atoms with van der Waals surface area (Å²) in [7, 11) is 0. The number of benzene rings is 2. The van der Waals surface area contributed by atoms with Gasteiger partial charge in [-0.25, -0.2) is 13.6 Å². The zero-order valence-electron chi connectivity index (χ0n) is 14.1. The summed E-state index contributed by atoms with van der Waals surface area (Å²) in [6.07, 6.45) is 0.721. The molecule has 0 radical (unpaired) electrons. The Hall–Kier alpha value is -2.71. The molecule has 1 aliphatic rings. The highest BCUT2D eigenvalue weighted by Crippen LogP contribution is 2.36. The number of aromatic nitrogens is 1. The van der Waals surface area contributed by atoms with E-state index >= 15 is 0 Å². The van der Waals surface area contributed by atoms with Gasteiger partial charge in [0.1, 0.15) is 11.6 Å². The van der Waals surface area contributed by atoms with E-state index in [9.17, 15) is 13.6 Å². The van der Waals surface area contributed by atoms with Crippen LogP contribution in [-0.4, -0.2) is 35.2 Å². The molecule has 6 nitrogen and oxygen atoms in total. The van der Waals surface area contributed by atoms with Crippen LogP contribution in [0.2, 0.25) is 0 Å². The Morgan fingerprint density at radius 2 is 1.93 bits per heavy atom. The van der Waals surface area contributed by atoms with Gasteiger partial charge in [0.25, 0.3) is 0 Å². The summed E-state index contributed by atoms with van der Waals surface area (Å²) < 4.78 is 33.7. The van der Waals surface area contributed by atoms with E-state index in [2.05, 4.69) is 10.5 Å². The van der Waals surface area contributed by atoms with Crippen molar-refractivity contribution in [2.45, 2.75) is 12.5 Å². The van der Waals surface area contributed by atoms with Crippen LogP contribution in [0.1, 0.15) is 6.42 Å². The zero-order chi connectivity index (χ0) is 18.3. The Balaban J connectivity index is 0.00000210. The van der Waals surface area contributed by atoms with Gasteiger partial charge in [-0.2, -0.15) is 0 Å². The average Bonchev–Trinajstić information content (AvgIpc) is 3.22. The lowest BCUT2D eigenvalue weighted by Gasteiger charge is -2.15. The van der Waals surface area contributed by atoms with Gasteiger partial charge in [0.2, 0.25) is 0 Å². The lowest BCUT2D eigenvalue weighted by molar-refractivity contribution is 0.222. The number of hydrogen-bond donors (Lipinski definition) is 2. The largest absolute Gasteiger partial charge is 0.354 e. The Morgan fingerprint density at radius 3 is 2.59 bits per heavy atom. The molecule has 0 aliphatic carbocycles. The van der Waals surface area contributed by atoms with Crippen LogP contribution in [0.4, 0.5) is 19.4 Å². The summed E-state index contributed by atoms with van der Waals surface area (Å²) in [5.74, 6) is -1.30. The number of carbonyl (C=O) groups excluding carboxylic acids is 1. The standard InChI is InChI=1S/C18H16F2N4O2.ClH/c19-12-4-2-5-13(20)15(12)11-3-1-6-14-16(11)17(23-26-14)22-18(25)24-8-7-10(21)9-24;/h1-6,10H,7-9,21H2,(H,22,23,25);1H/t10-;/m0./s1. The van der Waals surface area contributed by atoms with Gasteiger partial charge in [-0.3, -0.25) is 5.32 Å². The first-order chi connectivity index (χ1) is 12.5. The summed E-state index contributed by atoms with van der Waals surface area (Å²) >= 11 is 0. The fourth-order valence-corrected chi connectivity index (χ4v) is 3.19. The maximum atomic E-state index is 14.3. The normalized spacial score (nSPS) is 16.4. The molecule has 0 unspecified atom stereocenters. The summed E-state index contributed by atoms with van der Waals surface area (Å²) in [6, 6.07) is 7.99. The minimum Gasteiger partial charge on any atom is -0.354 e. The fourth-order valence-electron chi connectivity index (χ4n) is 3.19. The van der Waals surface area contributed by atoms with Gasteiger partial charge in [0.15, 0.2) is 11.4 Å². The molecule has 27 heavy (non-hydrogen) atoms. The minimum absolute atomic E-state index is 0. The highest BCUT2D eigenvalue weighted by molar-refractivity contribution is 6.05. The van der Waals surface area contributed by atoms with E-state index in [1.807, 2.05) is 0 Å². The van der Waals surface area contributed by atoms with E-state index in [1.165, 1.54) is 18.2 Å². The molecular formula is C18H17ClF2N4O2. The van der Waals surface area contributed by atoms with Crippen LogP contribution >= 0.6 is 12.4 Å². The number of anilines is 1. The lowest BCUT2D eigenvalue weighted by Crippen LogP contribution is -2.35. The second kappa shape index (κ2) is 7.50. The summed E-state index contributed by atoms with van der Waals surface area (Å²) in [5.41, 5.74) is 6.20. The van der Waals surface area contributed by atoms with Crippen LogP contribution in [0.15, 0.2) is 40.9 Å². The van der Waals surface area contributed by atoms with Crippen molar-refractivity contribution in [2.75, 3.05) is 18.4 Å². The van der Waals surface area contributed by atoms with Gasteiger partial charge < -0.3 is 15.2 Å². The number of halogens is 3. The summed E-state index contributed by atoms with van der Waals surface area (Å²) in [4.78, 5) is 14.0. The van der Waals surface area contributed by atoms with Crippen molar-refractivity contribution in [3.8, 4) is 11.1 Å². The Bertz CT molecular complexity index is 974.